The lowest BCUT2D eigenvalue weighted by Gasteiger charge is -2.37. The molecule has 2 aliphatic heterocycles. The number of hydrogen-bond donors (Lipinski definition) is 2. The second-order valence-electron chi connectivity index (χ2n) is 7.32. The van der Waals surface area contributed by atoms with Crippen molar-refractivity contribution in [2.24, 2.45) is 5.92 Å². The minimum Gasteiger partial charge on any atom is -0.507 e. The minimum atomic E-state index is 0.255. The summed E-state index contributed by atoms with van der Waals surface area (Å²) in [6.07, 6.45) is 3.63. The summed E-state index contributed by atoms with van der Waals surface area (Å²) in [5, 5.41) is 22.8. The summed E-state index contributed by atoms with van der Waals surface area (Å²) in [7, 11) is 0. The summed E-state index contributed by atoms with van der Waals surface area (Å²) in [5.74, 6) is 1.95. The SMILES string of the molecule is CCC1CN[C@H]2CCN(c3ccc(-c4c(C)cccc4O)nn3)[C@@H]2C1. The minimum absolute atomic E-state index is 0.255. The highest BCUT2D eigenvalue weighted by Gasteiger charge is 2.39. The summed E-state index contributed by atoms with van der Waals surface area (Å²) >= 11 is 0. The van der Waals surface area contributed by atoms with Gasteiger partial charge in [-0.1, -0.05) is 25.5 Å². The molecule has 2 aliphatic rings. The summed E-state index contributed by atoms with van der Waals surface area (Å²) in [5.41, 5.74) is 2.50. The number of nitrogens with one attached hydrogen (secondary N) is 1. The van der Waals surface area contributed by atoms with E-state index in [4.69, 9.17) is 0 Å². The van der Waals surface area contributed by atoms with Gasteiger partial charge in [0.05, 0.1) is 5.69 Å². The summed E-state index contributed by atoms with van der Waals surface area (Å²) in [6, 6.07) is 10.6. The number of benzene rings is 1. The van der Waals surface area contributed by atoms with E-state index in [1.807, 2.05) is 31.2 Å². The molecule has 0 aliphatic carbocycles. The smallest absolute Gasteiger partial charge is 0.151 e. The van der Waals surface area contributed by atoms with Crippen LogP contribution in [0.1, 0.15) is 31.7 Å². The van der Waals surface area contributed by atoms with Crippen LogP contribution in [0.3, 0.4) is 0 Å². The number of hydrogen-bond acceptors (Lipinski definition) is 5. The largest absolute Gasteiger partial charge is 0.507 e. The molecule has 2 saturated heterocycles. The van der Waals surface area contributed by atoms with E-state index in [-0.39, 0.29) is 5.75 Å². The van der Waals surface area contributed by atoms with Crippen molar-refractivity contribution < 1.29 is 5.11 Å². The first-order chi connectivity index (χ1) is 12.2. The van der Waals surface area contributed by atoms with Crippen molar-refractivity contribution in [3.63, 3.8) is 0 Å². The Morgan fingerprint density at radius 1 is 1.24 bits per heavy atom. The fourth-order valence-electron chi connectivity index (χ4n) is 4.32. The van der Waals surface area contributed by atoms with Gasteiger partial charge in [0.25, 0.3) is 0 Å². The first-order valence-corrected chi connectivity index (χ1v) is 9.30. The fourth-order valence-corrected chi connectivity index (χ4v) is 4.32. The van der Waals surface area contributed by atoms with Crippen LogP contribution in [-0.4, -0.2) is 40.5 Å². The van der Waals surface area contributed by atoms with Gasteiger partial charge in [0.2, 0.25) is 0 Å². The molecule has 2 N–H and O–H groups in total. The fraction of sp³-hybridized carbons (Fsp3) is 0.500. The van der Waals surface area contributed by atoms with Gasteiger partial charge < -0.3 is 15.3 Å². The van der Waals surface area contributed by atoms with Crippen molar-refractivity contribution in [2.45, 2.75) is 45.2 Å². The normalized spacial score (nSPS) is 25.8. The van der Waals surface area contributed by atoms with Gasteiger partial charge >= 0.3 is 0 Å². The number of rotatable bonds is 3. The number of aromatic nitrogens is 2. The molecule has 1 unspecified atom stereocenters. The Hall–Kier alpha value is -2.14. The standard InChI is InChI=1S/C20H26N4O/c1-3-14-11-17-15(21-12-14)9-10-24(17)19-8-7-16(22-23-19)20-13(2)5-4-6-18(20)25/h4-8,14-15,17,21,25H,3,9-12H2,1-2H3/t14?,15-,17+/m0/s1. The lowest BCUT2D eigenvalue weighted by Crippen LogP contribution is -2.50. The maximum atomic E-state index is 10.1. The number of fused-ring (bicyclic) bond motifs is 1. The Morgan fingerprint density at radius 2 is 2.12 bits per heavy atom. The number of phenols is 1. The van der Waals surface area contributed by atoms with Crippen molar-refractivity contribution in [1.82, 2.24) is 15.5 Å². The average molecular weight is 338 g/mol. The molecule has 0 bridgehead atoms. The van der Waals surface area contributed by atoms with Gasteiger partial charge in [0.15, 0.2) is 5.82 Å². The first kappa shape index (κ1) is 16.3. The number of aryl methyl sites for hydroxylation is 1. The number of nitrogens with zero attached hydrogens (tertiary/aromatic N) is 3. The summed E-state index contributed by atoms with van der Waals surface area (Å²) < 4.78 is 0. The zero-order valence-electron chi connectivity index (χ0n) is 14.9. The predicted octanol–water partition coefficient (Wildman–Crippen LogP) is 3.12. The Bertz CT molecular complexity index is 726. The van der Waals surface area contributed by atoms with Gasteiger partial charge in [0, 0.05) is 24.2 Å². The Labute approximate surface area is 149 Å². The van der Waals surface area contributed by atoms with Crippen LogP contribution in [0.4, 0.5) is 5.82 Å². The van der Waals surface area contributed by atoms with Crippen LogP contribution in [0.2, 0.25) is 0 Å². The number of phenolic OH excluding ortho intramolecular Hbond substituents is 1. The van der Waals surface area contributed by atoms with Crippen molar-refractivity contribution in [1.29, 1.82) is 0 Å². The highest BCUT2D eigenvalue weighted by molar-refractivity contribution is 5.70. The molecule has 5 heteroatoms. The quantitative estimate of drug-likeness (QED) is 0.900. The number of anilines is 1. The molecule has 0 spiro atoms. The second kappa shape index (κ2) is 6.64. The van der Waals surface area contributed by atoms with E-state index in [0.29, 0.717) is 12.1 Å². The zero-order valence-corrected chi connectivity index (χ0v) is 14.9. The van der Waals surface area contributed by atoms with Crippen molar-refractivity contribution in [3.8, 4) is 17.0 Å². The van der Waals surface area contributed by atoms with Crippen molar-refractivity contribution >= 4 is 5.82 Å². The Morgan fingerprint density at radius 3 is 2.84 bits per heavy atom. The van der Waals surface area contributed by atoms with Crippen LogP contribution in [0.15, 0.2) is 30.3 Å². The summed E-state index contributed by atoms with van der Waals surface area (Å²) in [6.45, 7) is 6.43. The molecule has 5 nitrogen and oxygen atoms in total. The molecule has 4 rings (SSSR count). The van der Waals surface area contributed by atoms with Crippen LogP contribution in [-0.2, 0) is 0 Å². The van der Waals surface area contributed by atoms with Crippen LogP contribution in [0, 0.1) is 12.8 Å². The molecular formula is C20H26N4O. The molecule has 0 amide bonds. The highest BCUT2D eigenvalue weighted by Crippen LogP contribution is 2.34. The van der Waals surface area contributed by atoms with Crippen LogP contribution in [0.25, 0.3) is 11.3 Å². The van der Waals surface area contributed by atoms with Crippen LogP contribution >= 0.6 is 0 Å². The Balaban J connectivity index is 1.58. The van der Waals surface area contributed by atoms with Gasteiger partial charge in [-0.05, 0) is 56.0 Å². The third kappa shape index (κ3) is 2.97. The predicted molar refractivity (Wildman–Crippen MR) is 99.8 cm³/mol. The van der Waals surface area contributed by atoms with Gasteiger partial charge in [-0.2, -0.15) is 0 Å². The molecule has 2 fully saturated rings. The molecule has 1 aromatic carbocycles. The highest BCUT2D eigenvalue weighted by atomic mass is 16.3. The van der Waals surface area contributed by atoms with E-state index in [1.165, 1.54) is 19.3 Å². The monoisotopic (exact) mass is 338 g/mol. The molecule has 2 aromatic rings. The molecule has 0 radical (unpaired) electrons. The molecular weight excluding hydrogens is 312 g/mol. The molecule has 1 aromatic heterocycles. The van der Waals surface area contributed by atoms with Crippen molar-refractivity contribution in [3.05, 3.63) is 35.9 Å². The zero-order chi connectivity index (χ0) is 17.4. The second-order valence-corrected chi connectivity index (χ2v) is 7.32. The van der Waals surface area contributed by atoms with Crippen LogP contribution in [0.5, 0.6) is 5.75 Å². The lowest BCUT2D eigenvalue weighted by molar-refractivity contribution is 0.288. The average Bonchev–Trinajstić information content (AvgIpc) is 3.05. The topological polar surface area (TPSA) is 61.3 Å². The molecule has 3 heterocycles. The van der Waals surface area contributed by atoms with Crippen molar-refractivity contribution in [2.75, 3.05) is 18.0 Å². The Kier molecular flexibility index (Phi) is 4.34. The molecule has 0 saturated carbocycles. The van der Waals surface area contributed by atoms with E-state index in [9.17, 15) is 5.11 Å². The van der Waals surface area contributed by atoms with E-state index in [1.54, 1.807) is 6.07 Å². The summed E-state index contributed by atoms with van der Waals surface area (Å²) in [4.78, 5) is 2.41. The van der Waals surface area contributed by atoms with E-state index in [2.05, 4.69) is 27.3 Å². The molecule has 132 valence electrons. The van der Waals surface area contributed by atoms with E-state index < -0.39 is 0 Å². The van der Waals surface area contributed by atoms with Gasteiger partial charge in [0.1, 0.15) is 5.75 Å². The first-order valence-electron chi connectivity index (χ1n) is 9.30. The maximum Gasteiger partial charge on any atom is 0.151 e. The lowest BCUT2D eigenvalue weighted by atomic mass is 9.89. The van der Waals surface area contributed by atoms with Crippen LogP contribution < -0.4 is 10.2 Å². The molecule has 3 atom stereocenters. The third-order valence-corrected chi connectivity index (χ3v) is 5.82. The maximum absolute atomic E-state index is 10.1. The van der Waals surface area contributed by atoms with E-state index in [0.717, 1.165) is 41.6 Å². The molecule has 25 heavy (non-hydrogen) atoms. The van der Waals surface area contributed by atoms with Gasteiger partial charge in [-0.25, -0.2) is 0 Å². The third-order valence-electron chi connectivity index (χ3n) is 5.82. The van der Waals surface area contributed by atoms with Gasteiger partial charge in [-0.15, -0.1) is 10.2 Å². The number of aromatic hydroxyl groups is 1. The number of piperidine rings is 1. The van der Waals surface area contributed by atoms with E-state index >= 15 is 0 Å². The van der Waals surface area contributed by atoms with Gasteiger partial charge in [-0.3, -0.25) is 0 Å².